The summed E-state index contributed by atoms with van der Waals surface area (Å²) < 4.78 is 4.95. The molecule has 0 aromatic heterocycles. The van der Waals surface area contributed by atoms with Crippen molar-refractivity contribution >= 4 is 35.0 Å². The highest BCUT2D eigenvalue weighted by Crippen LogP contribution is 2.33. The predicted molar refractivity (Wildman–Crippen MR) is 88.3 cm³/mol. The standard InChI is InChI=1S/C16H17NO6S/c1-2-3-6-23-14(20)9-17-15(21)13(24-16(17)22)8-10-4-5-11(18)12(19)7-10/h4-5,7-8,18-19H,2-3,6,9H2,1H3/b13-8+. The van der Waals surface area contributed by atoms with Crippen LogP contribution in [0.25, 0.3) is 6.08 Å². The molecule has 0 atom stereocenters. The zero-order valence-electron chi connectivity index (χ0n) is 13.0. The largest absolute Gasteiger partial charge is 0.504 e. The van der Waals surface area contributed by atoms with Crippen molar-refractivity contribution in [1.29, 1.82) is 0 Å². The molecule has 1 fully saturated rings. The van der Waals surface area contributed by atoms with Gasteiger partial charge in [-0.1, -0.05) is 19.4 Å². The number of phenolic OH excluding ortho intramolecular Hbond substituents is 2. The van der Waals surface area contributed by atoms with Crippen LogP contribution in [-0.2, 0) is 14.3 Å². The van der Waals surface area contributed by atoms with Gasteiger partial charge >= 0.3 is 5.97 Å². The third kappa shape index (κ3) is 4.29. The smallest absolute Gasteiger partial charge is 0.326 e. The summed E-state index contributed by atoms with van der Waals surface area (Å²) in [5, 5.41) is 18.2. The van der Waals surface area contributed by atoms with Crippen LogP contribution >= 0.6 is 11.8 Å². The van der Waals surface area contributed by atoms with Crippen molar-refractivity contribution < 1.29 is 29.3 Å². The van der Waals surface area contributed by atoms with E-state index in [0.717, 1.165) is 17.7 Å². The maximum atomic E-state index is 12.2. The number of nitrogens with zero attached hydrogens (tertiary/aromatic N) is 1. The number of unbranched alkanes of at least 4 members (excludes halogenated alkanes) is 1. The molecule has 8 heteroatoms. The molecule has 1 saturated heterocycles. The summed E-state index contributed by atoms with van der Waals surface area (Å²) in [6.45, 7) is 1.79. The molecule has 2 N–H and O–H groups in total. The van der Waals surface area contributed by atoms with E-state index in [1.165, 1.54) is 24.3 Å². The minimum absolute atomic E-state index is 0.131. The molecule has 1 aromatic carbocycles. The molecule has 0 unspecified atom stereocenters. The molecule has 0 spiro atoms. The molecule has 24 heavy (non-hydrogen) atoms. The third-order valence-corrected chi connectivity index (χ3v) is 4.13. The Morgan fingerprint density at radius 2 is 2.04 bits per heavy atom. The summed E-state index contributed by atoms with van der Waals surface area (Å²) in [5.74, 6) is -1.84. The van der Waals surface area contributed by atoms with Crippen molar-refractivity contribution in [1.82, 2.24) is 4.90 Å². The van der Waals surface area contributed by atoms with Crippen LogP contribution in [0.1, 0.15) is 25.3 Å². The molecule has 0 bridgehead atoms. The lowest BCUT2D eigenvalue weighted by atomic mass is 10.2. The topological polar surface area (TPSA) is 104 Å². The van der Waals surface area contributed by atoms with Gasteiger partial charge in [-0.05, 0) is 42.0 Å². The number of benzene rings is 1. The van der Waals surface area contributed by atoms with Crippen LogP contribution in [0, 0.1) is 0 Å². The Morgan fingerprint density at radius 3 is 2.71 bits per heavy atom. The Hall–Kier alpha value is -2.48. The third-order valence-electron chi connectivity index (χ3n) is 3.22. The van der Waals surface area contributed by atoms with Crippen LogP contribution in [0.15, 0.2) is 23.1 Å². The number of carbonyl (C=O) groups excluding carboxylic acids is 3. The maximum absolute atomic E-state index is 12.2. The lowest BCUT2D eigenvalue weighted by molar-refractivity contribution is -0.146. The molecule has 1 aromatic rings. The van der Waals surface area contributed by atoms with E-state index < -0.39 is 23.7 Å². The molecular formula is C16H17NO6S. The van der Waals surface area contributed by atoms with Gasteiger partial charge in [0.1, 0.15) is 6.54 Å². The molecule has 0 aliphatic carbocycles. The van der Waals surface area contributed by atoms with E-state index >= 15 is 0 Å². The molecule has 1 heterocycles. The first-order valence-corrected chi connectivity index (χ1v) is 8.17. The molecule has 2 rings (SSSR count). The molecular weight excluding hydrogens is 334 g/mol. The molecule has 2 amide bonds. The number of aromatic hydroxyl groups is 2. The van der Waals surface area contributed by atoms with Gasteiger partial charge in [0.15, 0.2) is 11.5 Å². The van der Waals surface area contributed by atoms with Crippen molar-refractivity contribution in [2.24, 2.45) is 0 Å². The summed E-state index contributed by atoms with van der Waals surface area (Å²) in [6.07, 6.45) is 3.00. The van der Waals surface area contributed by atoms with E-state index in [9.17, 15) is 24.6 Å². The molecule has 0 radical (unpaired) electrons. The van der Waals surface area contributed by atoms with Gasteiger partial charge in [-0.3, -0.25) is 19.3 Å². The Kier molecular flexibility index (Phi) is 5.86. The lowest BCUT2D eigenvalue weighted by Crippen LogP contribution is -2.34. The zero-order valence-corrected chi connectivity index (χ0v) is 13.8. The summed E-state index contributed by atoms with van der Waals surface area (Å²) in [6, 6.07) is 4.03. The van der Waals surface area contributed by atoms with E-state index in [-0.39, 0.29) is 23.0 Å². The van der Waals surface area contributed by atoms with Gasteiger partial charge in [0.25, 0.3) is 11.1 Å². The van der Waals surface area contributed by atoms with Crippen LogP contribution in [-0.4, -0.2) is 45.4 Å². The fourth-order valence-electron chi connectivity index (χ4n) is 1.92. The highest BCUT2D eigenvalue weighted by Gasteiger charge is 2.36. The second kappa shape index (κ2) is 7.87. The van der Waals surface area contributed by atoms with Gasteiger partial charge in [-0.15, -0.1) is 0 Å². The minimum Gasteiger partial charge on any atom is -0.504 e. The molecule has 128 valence electrons. The Bertz CT molecular complexity index is 700. The number of phenols is 2. The Morgan fingerprint density at radius 1 is 1.29 bits per heavy atom. The van der Waals surface area contributed by atoms with Crippen LogP contribution in [0.3, 0.4) is 0 Å². The van der Waals surface area contributed by atoms with Gasteiger partial charge < -0.3 is 14.9 Å². The quantitative estimate of drug-likeness (QED) is 0.351. The van der Waals surface area contributed by atoms with E-state index in [2.05, 4.69) is 0 Å². The van der Waals surface area contributed by atoms with Crippen molar-refractivity contribution in [2.75, 3.05) is 13.2 Å². The number of rotatable bonds is 6. The molecule has 7 nitrogen and oxygen atoms in total. The maximum Gasteiger partial charge on any atom is 0.326 e. The first-order chi connectivity index (χ1) is 11.4. The average Bonchev–Trinajstić information content (AvgIpc) is 2.79. The summed E-state index contributed by atoms with van der Waals surface area (Å²) >= 11 is 0.704. The van der Waals surface area contributed by atoms with Gasteiger partial charge in [0, 0.05) is 0 Å². The summed E-state index contributed by atoms with van der Waals surface area (Å²) in [4.78, 5) is 36.7. The van der Waals surface area contributed by atoms with E-state index in [4.69, 9.17) is 4.74 Å². The monoisotopic (exact) mass is 351 g/mol. The first kappa shape index (κ1) is 17.9. The number of amides is 2. The predicted octanol–water partition coefficient (Wildman–Crippen LogP) is 2.48. The van der Waals surface area contributed by atoms with Gasteiger partial charge in [-0.25, -0.2) is 0 Å². The fraction of sp³-hybridized carbons (Fsp3) is 0.312. The van der Waals surface area contributed by atoms with Crippen LogP contribution < -0.4 is 0 Å². The van der Waals surface area contributed by atoms with E-state index in [1.807, 2.05) is 6.92 Å². The highest BCUT2D eigenvalue weighted by atomic mass is 32.2. The number of hydrogen-bond donors (Lipinski definition) is 2. The van der Waals surface area contributed by atoms with Crippen molar-refractivity contribution in [3.8, 4) is 11.5 Å². The van der Waals surface area contributed by atoms with Crippen molar-refractivity contribution in [2.45, 2.75) is 19.8 Å². The Balaban J connectivity index is 2.06. The lowest BCUT2D eigenvalue weighted by Gasteiger charge is -2.11. The molecule has 0 saturated carbocycles. The van der Waals surface area contributed by atoms with Crippen LogP contribution in [0.5, 0.6) is 11.5 Å². The van der Waals surface area contributed by atoms with Crippen LogP contribution in [0.2, 0.25) is 0 Å². The number of imide groups is 1. The highest BCUT2D eigenvalue weighted by molar-refractivity contribution is 8.18. The molecule has 1 aliphatic heterocycles. The van der Waals surface area contributed by atoms with Crippen molar-refractivity contribution in [3.05, 3.63) is 28.7 Å². The zero-order chi connectivity index (χ0) is 17.7. The SMILES string of the molecule is CCCCOC(=O)CN1C(=O)S/C(=C/c2ccc(O)c(O)c2)C1=O. The van der Waals surface area contributed by atoms with Crippen LogP contribution in [0.4, 0.5) is 4.79 Å². The second-order valence-corrected chi connectivity index (χ2v) is 6.08. The molecule has 1 aliphatic rings. The number of thioether (sulfide) groups is 1. The number of hydrogen-bond acceptors (Lipinski definition) is 7. The van der Waals surface area contributed by atoms with E-state index in [0.29, 0.717) is 17.3 Å². The fourth-order valence-corrected chi connectivity index (χ4v) is 2.76. The average molecular weight is 351 g/mol. The van der Waals surface area contributed by atoms with Gasteiger partial charge in [0.2, 0.25) is 0 Å². The number of ether oxygens (including phenoxy) is 1. The first-order valence-electron chi connectivity index (χ1n) is 7.35. The summed E-state index contributed by atoms with van der Waals surface area (Å²) in [5.41, 5.74) is 0.446. The van der Waals surface area contributed by atoms with Gasteiger partial charge in [0.05, 0.1) is 11.5 Å². The second-order valence-electron chi connectivity index (χ2n) is 5.09. The number of esters is 1. The number of carbonyl (C=O) groups is 3. The van der Waals surface area contributed by atoms with E-state index in [1.54, 1.807) is 0 Å². The van der Waals surface area contributed by atoms with Crippen molar-refractivity contribution in [3.63, 3.8) is 0 Å². The van der Waals surface area contributed by atoms with Gasteiger partial charge in [-0.2, -0.15) is 0 Å². The normalized spacial score (nSPS) is 16.0. The Labute approximate surface area is 142 Å². The minimum atomic E-state index is -0.630. The summed E-state index contributed by atoms with van der Waals surface area (Å²) in [7, 11) is 0.